The molecule has 3 aromatic rings. The van der Waals surface area contributed by atoms with E-state index >= 15 is 0 Å². The molecule has 0 spiro atoms. The first-order valence-corrected chi connectivity index (χ1v) is 10.6. The van der Waals surface area contributed by atoms with E-state index in [4.69, 9.17) is 0 Å². The van der Waals surface area contributed by atoms with Crippen LogP contribution in [0.1, 0.15) is 6.92 Å². The maximum atomic E-state index is 12.6. The molecule has 1 aromatic heterocycles. The van der Waals surface area contributed by atoms with Crippen molar-refractivity contribution < 1.29 is 4.79 Å². The van der Waals surface area contributed by atoms with E-state index in [1.54, 1.807) is 11.8 Å². The first kappa shape index (κ1) is 18.0. The van der Waals surface area contributed by atoms with Crippen LogP contribution in [0.3, 0.4) is 0 Å². The smallest absolute Gasteiger partial charge is 0.237 e. The lowest BCUT2D eigenvalue weighted by molar-refractivity contribution is -0.115. The fourth-order valence-electron chi connectivity index (χ4n) is 2.23. The Morgan fingerprint density at radius 3 is 2.44 bits per heavy atom. The van der Waals surface area contributed by atoms with Gasteiger partial charge in [0.15, 0.2) is 8.68 Å². The highest BCUT2D eigenvalue weighted by Gasteiger charge is 2.18. The number of hydrogen-bond donors (Lipinski definition) is 1. The SMILES string of the molecule is CSc1nnc(SC(C)C(=O)Nc2ccccc2-c2ccccc2)s1. The molecule has 128 valence electrons. The molecule has 1 N–H and O–H groups in total. The Morgan fingerprint density at radius 2 is 1.72 bits per heavy atom. The van der Waals surface area contributed by atoms with E-state index in [0.717, 1.165) is 25.5 Å². The second-order valence-corrected chi connectivity index (χ2v) is 8.82. The van der Waals surface area contributed by atoms with Crippen molar-refractivity contribution in [1.82, 2.24) is 10.2 Å². The van der Waals surface area contributed by atoms with Gasteiger partial charge in [0.2, 0.25) is 5.91 Å². The fraction of sp³-hybridized carbons (Fsp3) is 0.167. The minimum Gasteiger partial charge on any atom is -0.325 e. The van der Waals surface area contributed by atoms with Crippen molar-refractivity contribution in [3.63, 3.8) is 0 Å². The van der Waals surface area contributed by atoms with E-state index in [-0.39, 0.29) is 11.2 Å². The van der Waals surface area contributed by atoms with Gasteiger partial charge in [0.1, 0.15) is 0 Å². The quantitative estimate of drug-likeness (QED) is 0.600. The Balaban J connectivity index is 1.72. The van der Waals surface area contributed by atoms with Gasteiger partial charge in [-0.15, -0.1) is 10.2 Å². The zero-order chi connectivity index (χ0) is 17.6. The predicted octanol–water partition coefficient (Wildman–Crippen LogP) is 5.05. The molecule has 0 radical (unpaired) electrons. The van der Waals surface area contributed by atoms with E-state index in [1.807, 2.05) is 67.8 Å². The molecule has 0 aliphatic rings. The third-order valence-corrected chi connectivity index (χ3v) is 6.56. The number of benzene rings is 2. The molecule has 2 aromatic carbocycles. The van der Waals surface area contributed by atoms with Gasteiger partial charge in [-0.3, -0.25) is 4.79 Å². The zero-order valence-electron chi connectivity index (χ0n) is 13.8. The second kappa shape index (κ2) is 8.51. The number of anilines is 1. The number of amides is 1. The number of rotatable bonds is 6. The molecule has 1 atom stereocenters. The lowest BCUT2D eigenvalue weighted by Gasteiger charge is -2.14. The highest BCUT2D eigenvalue weighted by molar-refractivity contribution is 8.03. The van der Waals surface area contributed by atoms with Gasteiger partial charge in [-0.2, -0.15) is 0 Å². The van der Waals surface area contributed by atoms with Crippen molar-refractivity contribution >= 4 is 46.5 Å². The van der Waals surface area contributed by atoms with Gasteiger partial charge in [-0.05, 0) is 24.8 Å². The summed E-state index contributed by atoms with van der Waals surface area (Å²) in [4.78, 5) is 12.6. The van der Waals surface area contributed by atoms with Crippen molar-refractivity contribution in [1.29, 1.82) is 0 Å². The maximum Gasteiger partial charge on any atom is 0.237 e. The normalized spacial score (nSPS) is 11.9. The number of carbonyl (C=O) groups is 1. The van der Waals surface area contributed by atoms with Crippen LogP contribution in [-0.2, 0) is 4.79 Å². The van der Waals surface area contributed by atoms with Crippen LogP contribution in [0, 0.1) is 0 Å². The summed E-state index contributed by atoms with van der Waals surface area (Å²) < 4.78 is 1.72. The highest BCUT2D eigenvalue weighted by Crippen LogP contribution is 2.32. The summed E-state index contributed by atoms with van der Waals surface area (Å²) in [6, 6.07) is 17.9. The number of nitrogens with zero attached hydrogens (tertiary/aromatic N) is 2. The number of thioether (sulfide) groups is 2. The van der Waals surface area contributed by atoms with Crippen LogP contribution in [0.25, 0.3) is 11.1 Å². The Bertz CT molecular complexity index is 852. The molecule has 0 saturated heterocycles. The number of carbonyl (C=O) groups excluding carboxylic acids is 1. The minimum atomic E-state index is -0.258. The predicted molar refractivity (Wildman–Crippen MR) is 108 cm³/mol. The van der Waals surface area contributed by atoms with Crippen LogP contribution < -0.4 is 5.32 Å². The van der Waals surface area contributed by atoms with E-state index < -0.39 is 0 Å². The molecule has 7 heteroatoms. The zero-order valence-corrected chi connectivity index (χ0v) is 16.3. The summed E-state index contributed by atoms with van der Waals surface area (Å²) in [5.74, 6) is -0.0470. The van der Waals surface area contributed by atoms with Crippen LogP contribution in [0.5, 0.6) is 0 Å². The molecule has 0 aliphatic carbocycles. The number of nitrogens with one attached hydrogen (secondary N) is 1. The molecule has 1 unspecified atom stereocenters. The summed E-state index contributed by atoms with van der Waals surface area (Å²) in [5, 5.41) is 11.0. The van der Waals surface area contributed by atoms with Gasteiger partial charge >= 0.3 is 0 Å². The number of hydrogen-bond acceptors (Lipinski definition) is 6. The van der Waals surface area contributed by atoms with Gasteiger partial charge in [-0.25, -0.2) is 0 Å². The van der Waals surface area contributed by atoms with Crippen LogP contribution >= 0.6 is 34.9 Å². The summed E-state index contributed by atoms with van der Waals surface area (Å²) in [7, 11) is 0. The van der Waals surface area contributed by atoms with Crippen LogP contribution in [0.15, 0.2) is 63.3 Å². The molecule has 0 saturated carbocycles. The Labute approximate surface area is 159 Å². The molecule has 1 heterocycles. The van der Waals surface area contributed by atoms with Crippen LogP contribution in [0.4, 0.5) is 5.69 Å². The van der Waals surface area contributed by atoms with Crippen molar-refractivity contribution in [2.45, 2.75) is 20.9 Å². The van der Waals surface area contributed by atoms with E-state index in [1.165, 1.54) is 23.1 Å². The lowest BCUT2D eigenvalue weighted by Crippen LogP contribution is -2.22. The van der Waals surface area contributed by atoms with Gasteiger partial charge in [0.05, 0.1) is 5.25 Å². The maximum absolute atomic E-state index is 12.6. The molecule has 0 fully saturated rings. The number of para-hydroxylation sites is 1. The largest absolute Gasteiger partial charge is 0.325 e. The Kier molecular flexibility index (Phi) is 6.12. The minimum absolute atomic E-state index is 0.0470. The average molecular weight is 388 g/mol. The first-order valence-electron chi connectivity index (χ1n) is 7.67. The van der Waals surface area contributed by atoms with Crippen molar-refractivity contribution in [2.75, 3.05) is 11.6 Å². The van der Waals surface area contributed by atoms with E-state index in [0.29, 0.717) is 0 Å². The average Bonchev–Trinajstić information content (AvgIpc) is 3.10. The van der Waals surface area contributed by atoms with Gasteiger partial charge in [0.25, 0.3) is 0 Å². The highest BCUT2D eigenvalue weighted by atomic mass is 32.2. The fourth-order valence-corrected chi connectivity index (χ4v) is 4.81. The molecule has 0 bridgehead atoms. The van der Waals surface area contributed by atoms with Crippen molar-refractivity contribution in [3.05, 3.63) is 54.6 Å². The van der Waals surface area contributed by atoms with Gasteiger partial charge in [-0.1, -0.05) is 83.4 Å². The summed E-state index contributed by atoms with van der Waals surface area (Å²) in [6.07, 6.45) is 1.96. The van der Waals surface area contributed by atoms with Crippen LogP contribution in [-0.4, -0.2) is 27.6 Å². The summed E-state index contributed by atoms with van der Waals surface area (Å²) >= 11 is 4.50. The Hall–Kier alpha value is -1.83. The van der Waals surface area contributed by atoms with Crippen molar-refractivity contribution in [3.8, 4) is 11.1 Å². The standard InChI is InChI=1S/C18H17N3OS3/c1-12(24-18-21-20-17(23-2)25-18)16(22)19-15-11-7-6-10-14(15)13-8-4-3-5-9-13/h3-12H,1-2H3,(H,19,22). The third kappa shape index (κ3) is 4.62. The molecule has 0 aliphatic heterocycles. The van der Waals surface area contributed by atoms with Gasteiger partial charge < -0.3 is 5.32 Å². The molecule has 25 heavy (non-hydrogen) atoms. The topological polar surface area (TPSA) is 54.9 Å². The molecule has 1 amide bonds. The second-order valence-electron chi connectivity index (χ2n) is 5.20. The molecular formula is C18H17N3OS3. The summed E-state index contributed by atoms with van der Waals surface area (Å²) in [6.45, 7) is 1.88. The third-order valence-electron chi connectivity index (χ3n) is 3.48. The Morgan fingerprint density at radius 1 is 1.04 bits per heavy atom. The number of aromatic nitrogens is 2. The molecule has 4 nitrogen and oxygen atoms in total. The van der Waals surface area contributed by atoms with Crippen molar-refractivity contribution in [2.24, 2.45) is 0 Å². The van der Waals surface area contributed by atoms with E-state index in [2.05, 4.69) is 15.5 Å². The van der Waals surface area contributed by atoms with E-state index in [9.17, 15) is 4.79 Å². The molecular weight excluding hydrogens is 370 g/mol. The molecule has 3 rings (SSSR count). The van der Waals surface area contributed by atoms with Crippen LogP contribution in [0.2, 0.25) is 0 Å². The monoisotopic (exact) mass is 387 g/mol. The first-order chi connectivity index (χ1) is 12.2. The lowest BCUT2D eigenvalue weighted by atomic mass is 10.0. The summed E-state index contributed by atoms with van der Waals surface area (Å²) in [5.41, 5.74) is 2.90. The van der Waals surface area contributed by atoms with Gasteiger partial charge in [0, 0.05) is 11.3 Å².